The Morgan fingerprint density at radius 3 is 2.03 bits per heavy atom. The van der Waals surface area contributed by atoms with Crippen molar-refractivity contribution in [3.8, 4) is 22.5 Å². The monoisotopic (exact) mass is 819 g/mol. The molecule has 19 nitrogen and oxygen atoms in total. The van der Waals surface area contributed by atoms with Crippen LogP contribution in [0.5, 0.6) is 0 Å². The number of hydrogen-bond donors (Lipinski definition) is 0. The number of esters is 1. The van der Waals surface area contributed by atoms with E-state index >= 15 is 0 Å². The molecule has 3 aromatic carbocycles. The third kappa shape index (κ3) is 14.3. The zero-order chi connectivity index (χ0) is 42.7. The number of tetrazole rings is 1. The number of amides is 1. The number of hydrogen-bond acceptors (Lipinski definition) is 15. The van der Waals surface area contributed by atoms with Gasteiger partial charge in [-0.3, -0.25) is 4.79 Å². The molecular formula is C40H49N7O12. The van der Waals surface area contributed by atoms with Crippen molar-refractivity contribution in [3.63, 3.8) is 0 Å². The van der Waals surface area contributed by atoms with Crippen LogP contribution in [0.4, 0.5) is 4.79 Å². The molecule has 0 N–H and O–H groups in total. The molecule has 0 aliphatic heterocycles. The van der Waals surface area contributed by atoms with Gasteiger partial charge in [-0.25, -0.2) is 9.59 Å². The molecule has 19 heteroatoms. The van der Waals surface area contributed by atoms with Crippen LogP contribution in [0.1, 0.15) is 89.1 Å². The Kier molecular flexibility index (Phi) is 17.5. The number of carbonyl (C=O) groups excluding carboxylic acids is 3. The van der Waals surface area contributed by atoms with E-state index in [2.05, 4.69) is 25.1 Å². The lowest BCUT2D eigenvalue weighted by molar-refractivity contribution is -0.763. The number of aromatic nitrogens is 4. The van der Waals surface area contributed by atoms with E-state index < -0.39 is 34.6 Å². The Morgan fingerprint density at radius 1 is 0.763 bits per heavy atom. The second-order valence-corrected chi connectivity index (χ2v) is 13.8. The first kappa shape index (κ1) is 45.0. The molecule has 0 aliphatic carbocycles. The van der Waals surface area contributed by atoms with Gasteiger partial charge in [0.1, 0.15) is 19.3 Å². The largest absolute Gasteiger partial charge is 0.510 e. The quantitative estimate of drug-likeness (QED) is 0.0298. The molecule has 2 atom stereocenters. The molecule has 4 rings (SSSR count). The average molecular weight is 820 g/mol. The van der Waals surface area contributed by atoms with Crippen LogP contribution < -0.4 is 0 Å². The van der Waals surface area contributed by atoms with E-state index in [-0.39, 0.29) is 57.0 Å². The third-order valence-electron chi connectivity index (χ3n) is 9.03. The Morgan fingerprint density at radius 2 is 1.39 bits per heavy atom. The molecule has 0 fully saturated rings. The molecule has 4 aromatic rings. The van der Waals surface area contributed by atoms with Gasteiger partial charge in [-0.2, -0.15) is 0 Å². The smallest absolute Gasteiger partial charge is 0.464 e. The summed E-state index contributed by atoms with van der Waals surface area (Å²) in [5.74, 6) is -0.598. The molecule has 0 saturated carbocycles. The minimum atomic E-state index is -0.963. The van der Waals surface area contributed by atoms with Gasteiger partial charge in [0, 0.05) is 18.5 Å². The van der Waals surface area contributed by atoms with Crippen molar-refractivity contribution in [2.75, 3.05) is 13.2 Å². The molecule has 1 amide bonds. The lowest BCUT2D eigenvalue weighted by Gasteiger charge is -2.33. The zero-order valence-electron chi connectivity index (χ0n) is 33.5. The van der Waals surface area contributed by atoms with E-state index in [1.807, 2.05) is 69.3 Å². The summed E-state index contributed by atoms with van der Waals surface area (Å²) in [6, 6.07) is 20.8. The Labute approximate surface area is 340 Å². The standard InChI is InChI=1S/C40H49N7O12/c1-5-6-14-36(48)44(37(28(2)3)39(49)55-23-10-7-11-24-57-46(51)52)25-30-19-21-33(22-20-30)34-12-8-9-13-35(34)38-41-43-45(42-38)29(4)59-40(50)56-26-31-15-17-32(18-16-31)27-58-47(53)54/h8-9,12-13,15-22,28-29,37H,5-7,10-11,14,23-27H2,1-4H3. The van der Waals surface area contributed by atoms with Gasteiger partial charge in [-0.1, -0.05) is 100.0 Å². The van der Waals surface area contributed by atoms with Crippen LogP contribution >= 0.6 is 0 Å². The zero-order valence-corrected chi connectivity index (χ0v) is 33.5. The summed E-state index contributed by atoms with van der Waals surface area (Å²) in [4.78, 5) is 71.6. The Hall–Kier alpha value is -6.66. The highest BCUT2D eigenvalue weighted by molar-refractivity contribution is 5.85. The van der Waals surface area contributed by atoms with E-state index in [4.69, 9.17) is 14.2 Å². The molecular weight excluding hydrogens is 770 g/mol. The summed E-state index contributed by atoms with van der Waals surface area (Å²) in [6.07, 6.45) is 1.39. The second kappa shape index (κ2) is 22.9. The highest BCUT2D eigenvalue weighted by Crippen LogP contribution is 2.31. The first-order valence-corrected chi connectivity index (χ1v) is 19.3. The number of unbranched alkanes of at least 4 members (excludes halogenated alkanes) is 3. The van der Waals surface area contributed by atoms with E-state index in [1.54, 1.807) is 36.1 Å². The maximum Gasteiger partial charge on any atom is 0.510 e. The molecule has 1 heterocycles. The van der Waals surface area contributed by atoms with Crippen LogP contribution in [0, 0.1) is 26.1 Å². The number of benzene rings is 3. The van der Waals surface area contributed by atoms with Gasteiger partial charge in [-0.15, -0.1) is 35.2 Å². The third-order valence-corrected chi connectivity index (χ3v) is 9.03. The predicted octanol–water partition coefficient (Wildman–Crippen LogP) is 7.05. The van der Waals surface area contributed by atoms with Gasteiger partial charge in [0.05, 0.1) is 13.2 Å². The first-order chi connectivity index (χ1) is 28.4. The van der Waals surface area contributed by atoms with E-state index in [0.717, 1.165) is 27.9 Å². The number of carbonyl (C=O) groups is 3. The van der Waals surface area contributed by atoms with Gasteiger partial charge < -0.3 is 28.8 Å². The summed E-state index contributed by atoms with van der Waals surface area (Å²) < 4.78 is 16.2. The fraction of sp³-hybridized carbons (Fsp3) is 0.450. The summed E-state index contributed by atoms with van der Waals surface area (Å²) in [6.45, 7) is 7.28. The van der Waals surface area contributed by atoms with Crippen LogP contribution in [0.3, 0.4) is 0 Å². The lowest BCUT2D eigenvalue weighted by Crippen LogP contribution is -2.48. The SMILES string of the molecule is CCCCC(=O)N(Cc1ccc(-c2ccccc2-c2nnn(C(C)OC(=O)OCc3ccc(CO[N+](=O)[O-])cc3)n2)cc1)C(C(=O)OCCCCCO[N+](=O)[O-])C(C)C. The lowest BCUT2D eigenvalue weighted by atomic mass is 9.97. The number of rotatable bonds is 24. The fourth-order valence-electron chi connectivity index (χ4n) is 5.98. The Balaban J connectivity index is 1.40. The highest BCUT2D eigenvalue weighted by Gasteiger charge is 2.33. The van der Waals surface area contributed by atoms with E-state index in [1.165, 1.54) is 0 Å². The highest BCUT2D eigenvalue weighted by atomic mass is 17.0. The van der Waals surface area contributed by atoms with Crippen LogP contribution in [-0.2, 0) is 53.2 Å². The molecule has 0 radical (unpaired) electrons. The molecule has 59 heavy (non-hydrogen) atoms. The molecule has 1 aromatic heterocycles. The van der Waals surface area contributed by atoms with Gasteiger partial charge in [-0.05, 0) is 71.6 Å². The number of nitrogens with zero attached hydrogens (tertiary/aromatic N) is 7. The molecule has 316 valence electrons. The summed E-state index contributed by atoms with van der Waals surface area (Å²) in [7, 11) is 0. The first-order valence-electron chi connectivity index (χ1n) is 19.3. The van der Waals surface area contributed by atoms with Crippen molar-refractivity contribution in [2.24, 2.45) is 5.92 Å². The maximum atomic E-state index is 13.6. The molecule has 0 bridgehead atoms. The topological polar surface area (TPSA) is 230 Å². The van der Waals surface area contributed by atoms with Crippen LogP contribution in [0.25, 0.3) is 22.5 Å². The van der Waals surface area contributed by atoms with Crippen LogP contribution in [-0.4, -0.2) is 72.6 Å². The average Bonchev–Trinajstić information content (AvgIpc) is 3.72. The molecule has 0 aliphatic rings. The fourth-order valence-corrected chi connectivity index (χ4v) is 5.98. The van der Waals surface area contributed by atoms with Crippen LogP contribution in [0.2, 0.25) is 0 Å². The van der Waals surface area contributed by atoms with E-state index in [0.29, 0.717) is 42.4 Å². The summed E-state index contributed by atoms with van der Waals surface area (Å²) in [5, 5.41) is 31.8. The van der Waals surface area contributed by atoms with Crippen molar-refractivity contribution < 1.29 is 48.4 Å². The summed E-state index contributed by atoms with van der Waals surface area (Å²) in [5.41, 5.74) is 4.31. The van der Waals surface area contributed by atoms with Gasteiger partial charge in [0.25, 0.3) is 10.2 Å². The van der Waals surface area contributed by atoms with Crippen molar-refractivity contribution in [1.82, 2.24) is 25.1 Å². The van der Waals surface area contributed by atoms with Crippen molar-refractivity contribution >= 4 is 18.0 Å². The normalized spacial score (nSPS) is 11.9. The van der Waals surface area contributed by atoms with Crippen molar-refractivity contribution in [3.05, 3.63) is 110 Å². The molecule has 0 spiro atoms. The predicted molar refractivity (Wildman–Crippen MR) is 209 cm³/mol. The molecule has 2 unspecified atom stereocenters. The summed E-state index contributed by atoms with van der Waals surface area (Å²) >= 11 is 0. The Bertz CT molecular complexity index is 1990. The van der Waals surface area contributed by atoms with Gasteiger partial charge in [0.15, 0.2) is 0 Å². The minimum Gasteiger partial charge on any atom is -0.464 e. The molecule has 0 saturated heterocycles. The van der Waals surface area contributed by atoms with Gasteiger partial charge in [0.2, 0.25) is 18.0 Å². The van der Waals surface area contributed by atoms with E-state index in [9.17, 15) is 34.6 Å². The number of ether oxygens (including phenoxy) is 3. The second-order valence-electron chi connectivity index (χ2n) is 13.8. The van der Waals surface area contributed by atoms with Crippen LogP contribution in [0.15, 0.2) is 72.8 Å². The van der Waals surface area contributed by atoms with Crippen molar-refractivity contribution in [1.29, 1.82) is 0 Å². The minimum absolute atomic E-state index is 0.0245. The maximum absolute atomic E-state index is 13.6. The van der Waals surface area contributed by atoms with Crippen molar-refractivity contribution in [2.45, 2.75) is 98.2 Å². The van der Waals surface area contributed by atoms with Gasteiger partial charge >= 0.3 is 12.1 Å².